The zero-order valence-corrected chi connectivity index (χ0v) is 22.3. The number of carboxylic acid groups (broad SMARTS) is 1. The topological polar surface area (TPSA) is 126 Å². The highest BCUT2D eigenvalue weighted by molar-refractivity contribution is 6.30. The number of ether oxygens (including phenoxy) is 1. The maximum Gasteiger partial charge on any atom is 0.429 e. The minimum absolute atomic E-state index is 0.145. The fraction of sp³-hybridized carbons (Fsp3) is 0.407. The van der Waals surface area contributed by atoms with Crippen molar-refractivity contribution in [2.45, 2.75) is 44.5 Å². The van der Waals surface area contributed by atoms with Crippen molar-refractivity contribution in [3.63, 3.8) is 0 Å². The van der Waals surface area contributed by atoms with E-state index in [1.54, 1.807) is 25.1 Å². The predicted molar refractivity (Wildman–Crippen MR) is 143 cm³/mol. The Balaban J connectivity index is 1.41. The normalized spacial score (nSPS) is 19.5. The standard InChI is InChI=1S/C27H28ClF3N6O3/c1-15-3-2-4-19(34-15)18-11-16(28)5-6-17(18)23(27(29,30)31)40-22-12-21(35-25(32)36-22)37-9-7-26(8-10-37)13-20(24(38)39)33-14-26/h2-6,11-12,20,23,33H,7-10,13-14H2,1H3,(H,38,39)(H2,32,35,36)/t20?,23-/m1/s1. The maximum absolute atomic E-state index is 14.5. The van der Waals surface area contributed by atoms with E-state index in [4.69, 9.17) is 22.1 Å². The fourth-order valence-corrected chi connectivity index (χ4v) is 5.61. The van der Waals surface area contributed by atoms with Crippen LogP contribution in [-0.2, 0) is 4.79 Å². The van der Waals surface area contributed by atoms with Crippen LogP contribution in [0, 0.1) is 12.3 Å². The number of rotatable bonds is 6. The van der Waals surface area contributed by atoms with Crippen molar-refractivity contribution in [1.29, 1.82) is 0 Å². The Kier molecular flexibility index (Phi) is 7.49. The second kappa shape index (κ2) is 10.7. The second-order valence-corrected chi connectivity index (χ2v) is 10.8. The predicted octanol–water partition coefficient (Wildman–Crippen LogP) is 4.80. The largest absolute Gasteiger partial charge is 0.480 e. The van der Waals surface area contributed by atoms with Crippen LogP contribution in [0.1, 0.15) is 36.6 Å². The van der Waals surface area contributed by atoms with E-state index in [1.807, 2.05) is 4.90 Å². The third-order valence-corrected chi connectivity index (χ3v) is 7.75. The zero-order valence-electron chi connectivity index (χ0n) is 21.6. The second-order valence-electron chi connectivity index (χ2n) is 10.3. The Morgan fingerprint density at radius 3 is 2.60 bits per heavy atom. The number of carbonyl (C=O) groups is 1. The number of hydrogen-bond acceptors (Lipinski definition) is 8. The molecule has 0 amide bonds. The molecule has 0 radical (unpaired) electrons. The van der Waals surface area contributed by atoms with Gasteiger partial charge in [0, 0.05) is 47.5 Å². The summed E-state index contributed by atoms with van der Waals surface area (Å²) >= 11 is 6.16. The molecule has 9 nitrogen and oxygen atoms in total. The van der Waals surface area contributed by atoms with Crippen LogP contribution < -0.4 is 20.7 Å². The zero-order chi connectivity index (χ0) is 28.7. The lowest BCUT2D eigenvalue weighted by molar-refractivity contribution is -0.198. The van der Waals surface area contributed by atoms with Crippen LogP contribution in [0.3, 0.4) is 0 Å². The fourth-order valence-electron chi connectivity index (χ4n) is 5.43. The third kappa shape index (κ3) is 5.92. The average Bonchev–Trinajstić information content (AvgIpc) is 3.31. The number of nitrogens with one attached hydrogen (secondary N) is 1. The van der Waals surface area contributed by atoms with E-state index in [1.165, 1.54) is 24.3 Å². The van der Waals surface area contributed by atoms with Gasteiger partial charge in [-0.2, -0.15) is 23.1 Å². The van der Waals surface area contributed by atoms with E-state index in [2.05, 4.69) is 20.3 Å². The van der Waals surface area contributed by atoms with E-state index in [9.17, 15) is 23.1 Å². The van der Waals surface area contributed by atoms with E-state index in [0.717, 1.165) is 0 Å². The van der Waals surface area contributed by atoms with Crippen molar-refractivity contribution in [3.05, 3.63) is 58.7 Å². The van der Waals surface area contributed by atoms with Gasteiger partial charge in [-0.05, 0) is 55.9 Å². The molecule has 212 valence electrons. The summed E-state index contributed by atoms with van der Waals surface area (Å²) in [6, 6.07) is 9.90. The van der Waals surface area contributed by atoms with E-state index < -0.39 is 24.3 Å². The summed E-state index contributed by atoms with van der Waals surface area (Å²) in [5.74, 6) is -1.07. The highest BCUT2D eigenvalue weighted by Crippen LogP contribution is 2.43. The molecule has 13 heteroatoms. The van der Waals surface area contributed by atoms with Crippen molar-refractivity contribution in [2.75, 3.05) is 30.3 Å². The summed E-state index contributed by atoms with van der Waals surface area (Å²) in [6.07, 6.45) is -5.26. The van der Waals surface area contributed by atoms with Gasteiger partial charge >= 0.3 is 12.1 Å². The molecule has 2 aliphatic rings. The highest BCUT2D eigenvalue weighted by Gasteiger charge is 2.46. The summed E-state index contributed by atoms with van der Waals surface area (Å²) in [4.78, 5) is 25.8. The number of nitrogens with zero attached hydrogens (tertiary/aromatic N) is 4. The molecular formula is C27H28ClF3N6O3. The number of nitrogen functional groups attached to an aromatic ring is 1. The van der Waals surface area contributed by atoms with Gasteiger partial charge in [0.2, 0.25) is 17.9 Å². The van der Waals surface area contributed by atoms with Crippen LogP contribution in [0.5, 0.6) is 5.88 Å². The smallest absolute Gasteiger partial charge is 0.429 e. The summed E-state index contributed by atoms with van der Waals surface area (Å²) < 4.78 is 48.9. The Labute approximate surface area is 233 Å². The molecule has 2 aliphatic heterocycles. The first-order valence-corrected chi connectivity index (χ1v) is 13.1. The van der Waals surface area contributed by atoms with Crippen molar-refractivity contribution in [2.24, 2.45) is 5.41 Å². The van der Waals surface area contributed by atoms with Crippen LogP contribution in [0.15, 0.2) is 42.5 Å². The number of carboxylic acids is 1. The molecule has 0 bridgehead atoms. The monoisotopic (exact) mass is 576 g/mol. The quantitative estimate of drug-likeness (QED) is 0.379. The number of aromatic nitrogens is 3. The molecule has 3 aromatic rings. The molecule has 1 aromatic carbocycles. The number of benzene rings is 1. The van der Waals surface area contributed by atoms with Crippen molar-refractivity contribution >= 4 is 29.3 Å². The molecule has 0 aliphatic carbocycles. The van der Waals surface area contributed by atoms with E-state index >= 15 is 0 Å². The molecule has 4 N–H and O–H groups in total. The number of piperidine rings is 1. The van der Waals surface area contributed by atoms with Gasteiger partial charge in [-0.3, -0.25) is 9.78 Å². The summed E-state index contributed by atoms with van der Waals surface area (Å²) in [6.45, 7) is 3.41. The summed E-state index contributed by atoms with van der Waals surface area (Å²) in [5, 5.41) is 12.6. The van der Waals surface area contributed by atoms with Gasteiger partial charge in [0.25, 0.3) is 0 Å². The first kappa shape index (κ1) is 27.9. The molecule has 40 heavy (non-hydrogen) atoms. The molecule has 1 spiro atoms. The van der Waals surface area contributed by atoms with E-state index in [-0.39, 0.29) is 33.4 Å². The Bertz CT molecular complexity index is 1410. The Hall–Kier alpha value is -3.64. The lowest BCUT2D eigenvalue weighted by Gasteiger charge is -2.39. The molecule has 2 atom stereocenters. The van der Waals surface area contributed by atoms with Gasteiger partial charge in [0.05, 0.1) is 5.69 Å². The average molecular weight is 577 g/mol. The van der Waals surface area contributed by atoms with Crippen molar-refractivity contribution in [1.82, 2.24) is 20.3 Å². The third-order valence-electron chi connectivity index (χ3n) is 7.51. The lowest BCUT2D eigenvalue weighted by Crippen LogP contribution is -2.41. The van der Waals surface area contributed by atoms with Crippen LogP contribution in [0.2, 0.25) is 5.02 Å². The number of aryl methyl sites for hydroxylation is 1. The van der Waals surface area contributed by atoms with Gasteiger partial charge in [-0.25, -0.2) is 0 Å². The maximum atomic E-state index is 14.5. The number of pyridine rings is 1. The van der Waals surface area contributed by atoms with Gasteiger partial charge in [-0.15, -0.1) is 0 Å². The molecule has 0 saturated carbocycles. The van der Waals surface area contributed by atoms with Crippen molar-refractivity contribution in [3.8, 4) is 17.1 Å². The number of aliphatic carboxylic acids is 1. The molecule has 4 heterocycles. The first-order chi connectivity index (χ1) is 18.9. The number of nitrogens with two attached hydrogens (primary N) is 1. The summed E-state index contributed by atoms with van der Waals surface area (Å²) in [7, 11) is 0. The number of halogens is 4. The molecule has 5 rings (SSSR count). The van der Waals surface area contributed by atoms with Gasteiger partial charge in [0.15, 0.2) is 0 Å². The minimum atomic E-state index is -4.81. The van der Waals surface area contributed by atoms with Gasteiger partial charge < -0.3 is 25.8 Å². The van der Waals surface area contributed by atoms with Crippen molar-refractivity contribution < 1.29 is 27.8 Å². The van der Waals surface area contributed by atoms with Crippen LogP contribution in [-0.4, -0.2) is 57.9 Å². The number of anilines is 2. The number of hydrogen-bond donors (Lipinski definition) is 3. The lowest BCUT2D eigenvalue weighted by atomic mass is 9.76. The Morgan fingerprint density at radius 2 is 1.95 bits per heavy atom. The van der Waals surface area contributed by atoms with Crippen LogP contribution >= 0.6 is 11.6 Å². The van der Waals surface area contributed by atoms with E-state index in [0.29, 0.717) is 56.1 Å². The minimum Gasteiger partial charge on any atom is -0.480 e. The van der Waals surface area contributed by atoms with Crippen LogP contribution in [0.25, 0.3) is 11.3 Å². The molecule has 2 saturated heterocycles. The van der Waals surface area contributed by atoms with Gasteiger partial charge in [0.1, 0.15) is 11.9 Å². The van der Waals surface area contributed by atoms with Gasteiger partial charge in [-0.1, -0.05) is 23.7 Å². The highest BCUT2D eigenvalue weighted by atomic mass is 35.5. The summed E-state index contributed by atoms with van der Waals surface area (Å²) in [5.41, 5.74) is 6.73. The molecule has 2 fully saturated rings. The first-order valence-electron chi connectivity index (χ1n) is 12.7. The van der Waals surface area contributed by atoms with Crippen LogP contribution in [0.4, 0.5) is 24.9 Å². The Morgan fingerprint density at radius 1 is 1.20 bits per heavy atom. The number of alkyl halides is 3. The molecule has 1 unspecified atom stereocenters. The molecule has 2 aromatic heterocycles. The SMILES string of the molecule is Cc1cccc(-c2cc(Cl)ccc2[C@@H](Oc2cc(N3CCC4(CC3)CNC(C(=O)O)C4)nc(N)n2)C(F)(F)F)n1. The molecular weight excluding hydrogens is 549 g/mol.